The van der Waals surface area contributed by atoms with Crippen molar-refractivity contribution in [2.45, 2.75) is 6.92 Å². The number of hydrogen-bond acceptors (Lipinski definition) is 3. The van der Waals surface area contributed by atoms with Crippen LogP contribution in [0.5, 0.6) is 0 Å². The molecule has 1 aromatic carbocycles. The molecule has 2 aromatic rings. The fourth-order valence-corrected chi connectivity index (χ4v) is 1.39. The van der Waals surface area contributed by atoms with Crippen molar-refractivity contribution in [1.29, 1.82) is 0 Å². The third kappa shape index (κ3) is 1.46. The maximum Gasteiger partial charge on any atom is 0.113 e. The summed E-state index contributed by atoms with van der Waals surface area (Å²) >= 11 is 0. The van der Waals surface area contributed by atoms with Gasteiger partial charge in [-0.15, -0.1) is 5.10 Å². The van der Waals surface area contributed by atoms with E-state index < -0.39 is 0 Å². The lowest BCUT2D eigenvalue weighted by atomic mass is 10.1. The molecule has 1 aromatic heterocycles. The van der Waals surface area contributed by atoms with E-state index in [2.05, 4.69) is 10.3 Å². The van der Waals surface area contributed by atoms with Gasteiger partial charge < -0.3 is 5.73 Å². The number of rotatable bonds is 1. The largest absolute Gasteiger partial charge is 0.399 e. The topological polar surface area (TPSA) is 56.7 Å². The van der Waals surface area contributed by atoms with Gasteiger partial charge in [0.05, 0.1) is 6.20 Å². The van der Waals surface area contributed by atoms with Crippen LogP contribution in [0.2, 0.25) is 0 Å². The van der Waals surface area contributed by atoms with E-state index in [1.54, 1.807) is 4.68 Å². The van der Waals surface area contributed by atoms with Crippen LogP contribution >= 0.6 is 0 Å². The van der Waals surface area contributed by atoms with Crippen molar-refractivity contribution in [3.05, 3.63) is 30.0 Å². The van der Waals surface area contributed by atoms with Gasteiger partial charge in [-0.05, 0) is 24.6 Å². The molecule has 0 fully saturated rings. The molecule has 2 N–H and O–H groups in total. The zero-order valence-corrected chi connectivity index (χ0v) is 8.23. The molecule has 0 bridgehead atoms. The maximum atomic E-state index is 5.72. The normalized spacial score (nSPS) is 10.4. The molecule has 14 heavy (non-hydrogen) atoms. The van der Waals surface area contributed by atoms with E-state index in [1.807, 2.05) is 38.4 Å². The van der Waals surface area contributed by atoms with Gasteiger partial charge in [0.1, 0.15) is 5.69 Å². The number of nitrogen functional groups attached to an aromatic ring is 1. The zero-order chi connectivity index (χ0) is 10.1. The summed E-state index contributed by atoms with van der Waals surface area (Å²) in [6.07, 6.45) is 1.88. The van der Waals surface area contributed by atoms with E-state index in [0.717, 1.165) is 22.5 Å². The van der Waals surface area contributed by atoms with Crippen molar-refractivity contribution in [3.63, 3.8) is 0 Å². The summed E-state index contributed by atoms with van der Waals surface area (Å²) < 4.78 is 1.68. The number of benzene rings is 1. The van der Waals surface area contributed by atoms with Crippen molar-refractivity contribution < 1.29 is 0 Å². The Labute approximate surface area is 82.4 Å². The number of aromatic nitrogens is 3. The van der Waals surface area contributed by atoms with Gasteiger partial charge in [0.2, 0.25) is 0 Å². The van der Waals surface area contributed by atoms with Gasteiger partial charge in [-0.25, -0.2) is 0 Å². The molecule has 1 heterocycles. The molecule has 0 saturated heterocycles. The monoisotopic (exact) mass is 188 g/mol. The molecular weight excluding hydrogens is 176 g/mol. The van der Waals surface area contributed by atoms with Crippen LogP contribution in [0, 0.1) is 6.92 Å². The first-order valence-electron chi connectivity index (χ1n) is 4.39. The van der Waals surface area contributed by atoms with Gasteiger partial charge >= 0.3 is 0 Å². The lowest BCUT2D eigenvalue weighted by molar-refractivity contribution is 0.715. The Morgan fingerprint density at radius 2 is 2.14 bits per heavy atom. The molecule has 0 saturated carbocycles. The Kier molecular flexibility index (Phi) is 1.96. The second-order valence-electron chi connectivity index (χ2n) is 3.35. The summed E-state index contributed by atoms with van der Waals surface area (Å²) in [4.78, 5) is 0. The minimum atomic E-state index is 0.747. The third-order valence-corrected chi connectivity index (χ3v) is 2.14. The Bertz CT molecular complexity index is 459. The minimum Gasteiger partial charge on any atom is -0.399 e. The highest BCUT2D eigenvalue weighted by molar-refractivity contribution is 5.66. The van der Waals surface area contributed by atoms with Crippen LogP contribution in [0.1, 0.15) is 5.56 Å². The van der Waals surface area contributed by atoms with E-state index in [0.29, 0.717) is 0 Å². The van der Waals surface area contributed by atoms with Crippen LogP contribution in [-0.2, 0) is 7.05 Å². The van der Waals surface area contributed by atoms with Gasteiger partial charge in [-0.3, -0.25) is 4.68 Å². The number of nitrogens with two attached hydrogens (primary N) is 1. The zero-order valence-electron chi connectivity index (χ0n) is 8.23. The predicted molar refractivity (Wildman–Crippen MR) is 55.6 cm³/mol. The van der Waals surface area contributed by atoms with Crippen molar-refractivity contribution in [2.75, 3.05) is 5.73 Å². The van der Waals surface area contributed by atoms with E-state index in [-0.39, 0.29) is 0 Å². The van der Waals surface area contributed by atoms with E-state index in [9.17, 15) is 0 Å². The summed E-state index contributed by atoms with van der Waals surface area (Å²) in [6.45, 7) is 2.03. The van der Waals surface area contributed by atoms with Crippen molar-refractivity contribution >= 4 is 5.69 Å². The molecule has 0 aliphatic carbocycles. The van der Waals surface area contributed by atoms with E-state index >= 15 is 0 Å². The fraction of sp³-hybridized carbons (Fsp3) is 0.200. The highest BCUT2D eigenvalue weighted by Crippen LogP contribution is 2.22. The minimum absolute atomic E-state index is 0.747. The molecule has 0 radical (unpaired) electrons. The quantitative estimate of drug-likeness (QED) is 0.688. The fourth-order valence-electron chi connectivity index (χ4n) is 1.39. The lowest BCUT2D eigenvalue weighted by Crippen LogP contribution is -1.88. The standard InChI is InChI=1S/C10H12N4/c1-7-3-4-8(11)5-9(7)10-6-14(2)13-12-10/h3-6H,11H2,1-2H3. The van der Waals surface area contributed by atoms with E-state index in [4.69, 9.17) is 5.73 Å². The summed E-state index contributed by atoms with van der Waals surface area (Å²) in [6, 6.07) is 5.79. The number of aryl methyl sites for hydroxylation is 2. The number of hydrogen-bond donors (Lipinski definition) is 1. The Morgan fingerprint density at radius 1 is 1.36 bits per heavy atom. The van der Waals surface area contributed by atoms with Crippen LogP contribution in [0.25, 0.3) is 11.3 Å². The molecule has 2 rings (SSSR count). The average molecular weight is 188 g/mol. The van der Waals surface area contributed by atoms with Gasteiger partial charge in [0.15, 0.2) is 0 Å². The Balaban J connectivity index is 2.55. The molecule has 0 aliphatic heterocycles. The molecule has 4 heteroatoms. The first-order chi connectivity index (χ1) is 6.66. The second kappa shape index (κ2) is 3.14. The van der Waals surface area contributed by atoms with E-state index in [1.165, 1.54) is 0 Å². The molecule has 72 valence electrons. The summed E-state index contributed by atoms with van der Waals surface area (Å²) in [7, 11) is 1.85. The summed E-state index contributed by atoms with van der Waals surface area (Å²) in [5, 5.41) is 7.94. The van der Waals surface area contributed by atoms with Crippen LogP contribution in [0.15, 0.2) is 24.4 Å². The number of nitrogens with zero attached hydrogens (tertiary/aromatic N) is 3. The van der Waals surface area contributed by atoms with Gasteiger partial charge in [0, 0.05) is 18.3 Å². The Morgan fingerprint density at radius 3 is 2.79 bits per heavy atom. The molecule has 0 atom stereocenters. The highest BCUT2D eigenvalue weighted by Gasteiger charge is 2.05. The lowest BCUT2D eigenvalue weighted by Gasteiger charge is -2.02. The van der Waals surface area contributed by atoms with Crippen molar-refractivity contribution in [1.82, 2.24) is 15.0 Å². The van der Waals surface area contributed by atoms with Crippen LogP contribution in [0.4, 0.5) is 5.69 Å². The van der Waals surface area contributed by atoms with Crippen LogP contribution in [-0.4, -0.2) is 15.0 Å². The molecule has 0 aliphatic rings. The first-order valence-corrected chi connectivity index (χ1v) is 4.39. The van der Waals surface area contributed by atoms with Crippen molar-refractivity contribution in [3.8, 4) is 11.3 Å². The molecule has 0 amide bonds. The third-order valence-electron chi connectivity index (χ3n) is 2.14. The van der Waals surface area contributed by atoms with Crippen LogP contribution < -0.4 is 5.73 Å². The second-order valence-corrected chi connectivity index (χ2v) is 3.35. The predicted octanol–water partition coefficient (Wildman–Crippen LogP) is 1.37. The van der Waals surface area contributed by atoms with Gasteiger partial charge in [-0.2, -0.15) is 0 Å². The van der Waals surface area contributed by atoms with Crippen LogP contribution in [0.3, 0.4) is 0 Å². The number of anilines is 1. The molecular formula is C10H12N4. The molecule has 4 nitrogen and oxygen atoms in total. The summed E-state index contributed by atoms with van der Waals surface area (Å²) in [5.41, 5.74) is 9.51. The smallest absolute Gasteiger partial charge is 0.113 e. The average Bonchev–Trinajstić information content (AvgIpc) is 2.56. The Hall–Kier alpha value is -1.84. The van der Waals surface area contributed by atoms with Crippen molar-refractivity contribution in [2.24, 2.45) is 7.05 Å². The maximum absolute atomic E-state index is 5.72. The molecule has 0 spiro atoms. The van der Waals surface area contributed by atoms with Gasteiger partial charge in [0.25, 0.3) is 0 Å². The summed E-state index contributed by atoms with van der Waals surface area (Å²) in [5.74, 6) is 0. The first kappa shape index (κ1) is 8.74. The van der Waals surface area contributed by atoms with Gasteiger partial charge in [-0.1, -0.05) is 11.3 Å². The molecule has 0 unspecified atom stereocenters. The highest BCUT2D eigenvalue weighted by atomic mass is 15.4. The SMILES string of the molecule is Cc1ccc(N)cc1-c1cn(C)nn1.